The standard InChI is InChI=1S/C21H22N4O4/c1-24(17(26)12-14-8-10-16(29-2)11-9-14)18-19(22)25(21(28)23-20(18)27)13-15-6-4-3-5-7-15/h3-11H,12-13,22H2,1-2H3,(H,23,27,28). The zero-order chi connectivity index (χ0) is 21.0. The predicted octanol–water partition coefficient (Wildman–Crippen LogP) is 1.38. The molecule has 0 saturated carbocycles. The topological polar surface area (TPSA) is 110 Å². The van der Waals surface area contributed by atoms with Crippen LogP contribution in [-0.4, -0.2) is 29.6 Å². The molecule has 3 aromatic rings. The van der Waals surface area contributed by atoms with E-state index in [4.69, 9.17) is 10.5 Å². The Labute approximate surface area is 167 Å². The highest BCUT2D eigenvalue weighted by Gasteiger charge is 2.21. The average Bonchev–Trinajstić information content (AvgIpc) is 2.72. The Morgan fingerprint density at radius 3 is 2.34 bits per heavy atom. The van der Waals surface area contributed by atoms with Crippen molar-refractivity contribution in [3.63, 3.8) is 0 Å². The number of nitrogens with one attached hydrogen (secondary N) is 1. The third-order valence-corrected chi connectivity index (χ3v) is 4.62. The fourth-order valence-electron chi connectivity index (χ4n) is 2.99. The highest BCUT2D eigenvalue weighted by atomic mass is 16.5. The molecule has 0 aliphatic carbocycles. The maximum absolute atomic E-state index is 12.7. The fraction of sp³-hybridized carbons (Fsp3) is 0.190. The SMILES string of the molecule is COc1ccc(CC(=O)N(C)c2c(N)n(Cc3ccccc3)c(=O)[nH]c2=O)cc1. The third kappa shape index (κ3) is 4.37. The number of amides is 1. The van der Waals surface area contributed by atoms with Crippen molar-refractivity contribution in [2.45, 2.75) is 13.0 Å². The molecule has 8 heteroatoms. The van der Waals surface area contributed by atoms with Crippen LogP contribution in [0.15, 0.2) is 64.2 Å². The molecule has 8 nitrogen and oxygen atoms in total. The second-order valence-corrected chi connectivity index (χ2v) is 6.54. The van der Waals surface area contributed by atoms with Crippen molar-refractivity contribution in [2.24, 2.45) is 0 Å². The van der Waals surface area contributed by atoms with E-state index in [1.165, 1.54) is 16.5 Å². The van der Waals surface area contributed by atoms with Gasteiger partial charge >= 0.3 is 5.69 Å². The molecule has 0 radical (unpaired) electrons. The second-order valence-electron chi connectivity index (χ2n) is 6.54. The van der Waals surface area contributed by atoms with Gasteiger partial charge in [-0.1, -0.05) is 42.5 Å². The van der Waals surface area contributed by atoms with Gasteiger partial charge in [-0.2, -0.15) is 0 Å². The van der Waals surface area contributed by atoms with Gasteiger partial charge in [0.05, 0.1) is 20.1 Å². The summed E-state index contributed by atoms with van der Waals surface area (Å²) in [6.45, 7) is 0.176. The van der Waals surface area contributed by atoms with Crippen LogP contribution >= 0.6 is 0 Å². The number of nitrogens with two attached hydrogens (primary N) is 1. The molecule has 29 heavy (non-hydrogen) atoms. The number of hydrogen-bond donors (Lipinski definition) is 2. The van der Waals surface area contributed by atoms with Crippen LogP contribution in [0, 0.1) is 0 Å². The molecule has 0 aliphatic rings. The van der Waals surface area contributed by atoms with Crippen molar-refractivity contribution in [3.05, 3.63) is 86.6 Å². The van der Waals surface area contributed by atoms with Gasteiger partial charge in [-0.3, -0.25) is 19.1 Å². The average molecular weight is 394 g/mol. The number of anilines is 2. The number of nitrogens with zero attached hydrogens (tertiary/aromatic N) is 2. The summed E-state index contributed by atoms with van der Waals surface area (Å²) in [5.74, 6) is 0.286. The minimum atomic E-state index is -0.706. The van der Waals surface area contributed by atoms with Crippen molar-refractivity contribution < 1.29 is 9.53 Å². The number of carbonyl (C=O) groups is 1. The van der Waals surface area contributed by atoms with Crippen LogP contribution in [0.3, 0.4) is 0 Å². The number of nitrogen functional groups attached to an aromatic ring is 1. The third-order valence-electron chi connectivity index (χ3n) is 4.62. The lowest BCUT2D eigenvalue weighted by Crippen LogP contribution is -2.39. The Balaban J connectivity index is 1.90. The Morgan fingerprint density at radius 1 is 1.07 bits per heavy atom. The van der Waals surface area contributed by atoms with Crippen LogP contribution < -0.4 is 26.6 Å². The minimum absolute atomic E-state index is 0.0564. The smallest absolute Gasteiger partial charge is 0.330 e. The molecular formula is C21H22N4O4. The Hall–Kier alpha value is -3.81. The molecule has 3 N–H and O–H groups in total. The molecule has 0 unspecified atom stereocenters. The van der Waals surface area contributed by atoms with Crippen LogP contribution in [-0.2, 0) is 17.8 Å². The summed E-state index contributed by atoms with van der Waals surface area (Å²) >= 11 is 0. The number of H-pyrrole nitrogens is 1. The van der Waals surface area contributed by atoms with Gasteiger partial charge in [-0.15, -0.1) is 0 Å². The number of carbonyl (C=O) groups excluding carboxylic acids is 1. The Bertz CT molecular complexity index is 1120. The molecular weight excluding hydrogens is 372 g/mol. The monoisotopic (exact) mass is 394 g/mol. The Morgan fingerprint density at radius 2 is 1.72 bits per heavy atom. The fourth-order valence-corrected chi connectivity index (χ4v) is 2.99. The summed E-state index contributed by atoms with van der Waals surface area (Å²) in [5, 5.41) is 0. The van der Waals surface area contributed by atoms with E-state index in [2.05, 4.69) is 4.98 Å². The number of aromatic amines is 1. The van der Waals surface area contributed by atoms with Crippen molar-refractivity contribution in [3.8, 4) is 5.75 Å². The number of rotatable bonds is 6. The van der Waals surface area contributed by atoms with Crippen LogP contribution in [0.1, 0.15) is 11.1 Å². The zero-order valence-electron chi connectivity index (χ0n) is 16.2. The number of aromatic nitrogens is 2. The number of methoxy groups -OCH3 is 1. The molecule has 2 aromatic carbocycles. The van der Waals surface area contributed by atoms with Crippen molar-refractivity contribution >= 4 is 17.4 Å². The quantitative estimate of drug-likeness (QED) is 0.656. The largest absolute Gasteiger partial charge is 0.497 e. The van der Waals surface area contributed by atoms with E-state index in [1.54, 1.807) is 31.4 Å². The van der Waals surface area contributed by atoms with Crippen LogP contribution in [0.4, 0.5) is 11.5 Å². The molecule has 1 aromatic heterocycles. The van der Waals surface area contributed by atoms with Crippen LogP contribution in [0.25, 0.3) is 0 Å². The molecule has 0 spiro atoms. The van der Waals surface area contributed by atoms with E-state index in [9.17, 15) is 14.4 Å². The van der Waals surface area contributed by atoms with E-state index in [0.717, 1.165) is 11.1 Å². The number of likely N-dealkylation sites (N-methyl/N-ethyl adjacent to an activating group) is 1. The highest BCUT2D eigenvalue weighted by molar-refractivity contribution is 5.96. The maximum Gasteiger partial charge on any atom is 0.330 e. The lowest BCUT2D eigenvalue weighted by Gasteiger charge is -2.20. The summed E-state index contributed by atoms with van der Waals surface area (Å²) in [6, 6.07) is 16.3. The van der Waals surface area contributed by atoms with Crippen molar-refractivity contribution in [1.29, 1.82) is 0 Å². The van der Waals surface area contributed by atoms with Gasteiger partial charge in [-0.25, -0.2) is 4.79 Å². The lowest BCUT2D eigenvalue weighted by molar-refractivity contribution is -0.117. The Kier molecular flexibility index (Phi) is 5.82. The molecule has 150 valence electrons. The van der Waals surface area contributed by atoms with Gasteiger partial charge in [0, 0.05) is 7.05 Å². The lowest BCUT2D eigenvalue weighted by atomic mass is 10.1. The summed E-state index contributed by atoms with van der Waals surface area (Å²) < 4.78 is 6.35. The van der Waals surface area contributed by atoms with E-state index < -0.39 is 11.2 Å². The minimum Gasteiger partial charge on any atom is -0.497 e. The van der Waals surface area contributed by atoms with Gasteiger partial charge in [0.2, 0.25) is 5.91 Å². The molecule has 3 rings (SSSR count). The van der Waals surface area contributed by atoms with Gasteiger partial charge in [-0.05, 0) is 23.3 Å². The molecule has 1 heterocycles. The first-order valence-electron chi connectivity index (χ1n) is 8.96. The summed E-state index contributed by atoms with van der Waals surface area (Å²) in [6.07, 6.45) is 0.0667. The first-order valence-corrected chi connectivity index (χ1v) is 8.96. The second kappa shape index (κ2) is 8.47. The van der Waals surface area contributed by atoms with E-state index in [0.29, 0.717) is 5.75 Å². The normalized spacial score (nSPS) is 10.6. The first-order chi connectivity index (χ1) is 13.9. The predicted molar refractivity (Wildman–Crippen MR) is 111 cm³/mol. The number of hydrogen-bond acceptors (Lipinski definition) is 5. The van der Waals surface area contributed by atoms with E-state index in [1.807, 2.05) is 30.3 Å². The zero-order valence-corrected chi connectivity index (χ0v) is 16.2. The molecule has 0 atom stereocenters. The number of ether oxygens (including phenoxy) is 1. The summed E-state index contributed by atoms with van der Waals surface area (Å²) in [7, 11) is 3.03. The summed E-state index contributed by atoms with van der Waals surface area (Å²) in [4.78, 5) is 40.8. The van der Waals surface area contributed by atoms with Crippen molar-refractivity contribution in [2.75, 3.05) is 24.8 Å². The van der Waals surface area contributed by atoms with Gasteiger partial charge in [0.15, 0.2) is 5.69 Å². The maximum atomic E-state index is 12.7. The van der Waals surface area contributed by atoms with Gasteiger partial charge in [0.1, 0.15) is 11.6 Å². The molecule has 0 bridgehead atoms. The van der Waals surface area contributed by atoms with Gasteiger partial charge < -0.3 is 15.4 Å². The first kappa shape index (κ1) is 19.9. The van der Waals surface area contributed by atoms with Gasteiger partial charge in [0.25, 0.3) is 5.56 Å². The van der Waals surface area contributed by atoms with Crippen LogP contribution in [0.5, 0.6) is 5.75 Å². The molecule has 0 fully saturated rings. The summed E-state index contributed by atoms with van der Waals surface area (Å²) in [5.41, 5.74) is 6.34. The highest BCUT2D eigenvalue weighted by Crippen LogP contribution is 2.18. The molecule has 0 aliphatic heterocycles. The van der Waals surface area contributed by atoms with E-state index in [-0.39, 0.29) is 30.4 Å². The number of benzene rings is 2. The molecule has 0 saturated heterocycles. The van der Waals surface area contributed by atoms with E-state index >= 15 is 0 Å². The van der Waals surface area contributed by atoms with Crippen molar-refractivity contribution in [1.82, 2.24) is 9.55 Å². The van der Waals surface area contributed by atoms with Crippen LogP contribution in [0.2, 0.25) is 0 Å². The molecule has 1 amide bonds.